The first-order valence-corrected chi connectivity index (χ1v) is 7.20. The van der Waals surface area contributed by atoms with E-state index in [2.05, 4.69) is 4.98 Å². The van der Waals surface area contributed by atoms with Gasteiger partial charge in [0.2, 0.25) is 0 Å². The number of methoxy groups -OCH3 is 1. The fourth-order valence-corrected chi connectivity index (χ4v) is 2.74. The Bertz CT molecular complexity index is 768. The van der Waals surface area contributed by atoms with Gasteiger partial charge in [0.15, 0.2) is 0 Å². The van der Waals surface area contributed by atoms with Crippen LogP contribution in [0.1, 0.15) is 17.3 Å². The summed E-state index contributed by atoms with van der Waals surface area (Å²) in [5.74, 6) is -0.394. The minimum Gasteiger partial charge on any atom is -0.465 e. The number of pyridine rings is 1. The molecule has 3 rings (SSSR count). The quantitative estimate of drug-likeness (QED) is 0.852. The Balaban J connectivity index is 2.09. The summed E-state index contributed by atoms with van der Waals surface area (Å²) in [5.41, 5.74) is 1.63. The van der Waals surface area contributed by atoms with Gasteiger partial charge in [-0.05, 0) is 31.2 Å². The lowest BCUT2D eigenvalue weighted by Crippen LogP contribution is -2.45. The van der Waals surface area contributed by atoms with Crippen LogP contribution in [0.5, 0.6) is 0 Å². The zero-order valence-electron chi connectivity index (χ0n) is 12.6. The highest BCUT2D eigenvalue weighted by Crippen LogP contribution is 2.21. The summed E-state index contributed by atoms with van der Waals surface area (Å²) < 4.78 is 10.1. The molecule has 1 atom stereocenters. The molecule has 0 saturated carbocycles. The van der Waals surface area contributed by atoms with Crippen molar-refractivity contribution in [3.8, 4) is 0 Å². The van der Waals surface area contributed by atoms with Gasteiger partial charge in [-0.15, -0.1) is 0 Å². The number of rotatable bonds is 2. The van der Waals surface area contributed by atoms with Crippen LogP contribution < -0.4 is 10.5 Å². The van der Waals surface area contributed by atoms with E-state index in [1.54, 1.807) is 18.2 Å². The molecule has 1 aliphatic rings. The fraction of sp³-hybridized carbons (Fsp3) is 0.375. The van der Waals surface area contributed by atoms with Crippen LogP contribution in [-0.2, 0) is 9.47 Å². The number of ether oxygens (including phenoxy) is 2. The van der Waals surface area contributed by atoms with Gasteiger partial charge in [-0.3, -0.25) is 4.79 Å². The van der Waals surface area contributed by atoms with Gasteiger partial charge in [0, 0.05) is 23.5 Å². The highest BCUT2D eigenvalue weighted by atomic mass is 16.5. The van der Waals surface area contributed by atoms with Crippen LogP contribution in [0.25, 0.3) is 10.9 Å². The van der Waals surface area contributed by atoms with E-state index in [1.807, 2.05) is 17.9 Å². The van der Waals surface area contributed by atoms with E-state index in [9.17, 15) is 9.59 Å². The molecule has 6 nitrogen and oxygen atoms in total. The van der Waals surface area contributed by atoms with Crippen molar-refractivity contribution >= 4 is 22.6 Å². The second kappa shape index (κ2) is 5.81. The molecule has 1 aliphatic heterocycles. The van der Waals surface area contributed by atoms with Crippen LogP contribution in [0.15, 0.2) is 29.1 Å². The molecule has 0 aliphatic carbocycles. The zero-order chi connectivity index (χ0) is 15.7. The first-order valence-electron chi connectivity index (χ1n) is 7.20. The van der Waals surface area contributed by atoms with Crippen LogP contribution in [0.2, 0.25) is 0 Å². The van der Waals surface area contributed by atoms with E-state index in [0.29, 0.717) is 36.5 Å². The van der Waals surface area contributed by atoms with Crippen LogP contribution in [-0.4, -0.2) is 43.9 Å². The number of aromatic nitrogens is 1. The van der Waals surface area contributed by atoms with Crippen molar-refractivity contribution in [2.24, 2.45) is 0 Å². The number of morpholine rings is 1. The summed E-state index contributed by atoms with van der Waals surface area (Å²) in [6.45, 7) is 3.89. The first-order chi connectivity index (χ1) is 10.6. The van der Waals surface area contributed by atoms with Crippen molar-refractivity contribution in [2.75, 3.05) is 31.8 Å². The third-order valence-corrected chi connectivity index (χ3v) is 3.92. The normalized spacial score (nSPS) is 18.5. The average Bonchev–Trinajstić information content (AvgIpc) is 2.54. The number of nitrogens with zero attached hydrogens (tertiary/aromatic N) is 1. The highest BCUT2D eigenvalue weighted by molar-refractivity contribution is 5.95. The van der Waals surface area contributed by atoms with E-state index in [-0.39, 0.29) is 11.6 Å². The summed E-state index contributed by atoms with van der Waals surface area (Å²) in [6, 6.07) is 7.04. The molecule has 6 heteroatoms. The van der Waals surface area contributed by atoms with Gasteiger partial charge in [-0.1, -0.05) is 0 Å². The Kier molecular flexibility index (Phi) is 3.85. The standard InChI is InChI=1S/C16H18N2O4/c1-10-9-22-6-5-18(10)14-8-12-7-11(16(20)21-2)3-4-13(12)17-15(14)19/h3-4,7-8,10H,5-6,9H2,1-2H3,(H,17,19)/t10-/m0/s1. The van der Waals surface area contributed by atoms with Crippen LogP contribution in [0.4, 0.5) is 5.69 Å². The van der Waals surface area contributed by atoms with Gasteiger partial charge in [-0.2, -0.15) is 0 Å². The largest absolute Gasteiger partial charge is 0.465 e. The molecule has 0 radical (unpaired) electrons. The number of nitrogens with one attached hydrogen (secondary N) is 1. The number of hydrogen-bond donors (Lipinski definition) is 1. The minimum atomic E-state index is -0.394. The molecule has 0 bridgehead atoms. The Morgan fingerprint density at radius 2 is 2.23 bits per heavy atom. The minimum absolute atomic E-state index is 0.132. The van der Waals surface area contributed by atoms with Crippen LogP contribution >= 0.6 is 0 Å². The van der Waals surface area contributed by atoms with Crippen LogP contribution in [0.3, 0.4) is 0 Å². The highest BCUT2D eigenvalue weighted by Gasteiger charge is 2.22. The molecule has 0 unspecified atom stereocenters. The van der Waals surface area contributed by atoms with Crippen molar-refractivity contribution in [3.63, 3.8) is 0 Å². The van der Waals surface area contributed by atoms with Gasteiger partial charge >= 0.3 is 5.97 Å². The van der Waals surface area contributed by atoms with Crippen molar-refractivity contribution < 1.29 is 14.3 Å². The maximum absolute atomic E-state index is 12.3. The Labute approximate surface area is 127 Å². The molecule has 0 spiro atoms. The number of carbonyl (C=O) groups is 1. The van der Waals surface area contributed by atoms with Crippen LogP contribution in [0, 0.1) is 0 Å². The maximum atomic E-state index is 12.3. The van der Waals surface area contributed by atoms with Crippen molar-refractivity contribution in [1.82, 2.24) is 4.98 Å². The third kappa shape index (κ3) is 2.57. The molecule has 1 N–H and O–H groups in total. The predicted octanol–water partition coefficient (Wildman–Crippen LogP) is 1.54. The molecule has 22 heavy (non-hydrogen) atoms. The van der Waals surface area contributed by atoms with Gasteiger partial charge in [0.1, 0.15) is 5.69 Å². The number of esters is 1. The molecule has 0 amide bonds. The van der Waals surface area contributed by atoms with Gasteiger partial charge in [0.05, 0.1) is 25.9 Å². The predicted molar refractivity (Wildman–Crippen MR) is 83.5 cm³/mol. The second-order valence-electron chi connectivity index (χ2n) is 5.39. The molecule has 1 saturated heterocycles. The Hall–Kier alpha value is -2.34. The number of hydrogen-bond acceptors (Lipinski definition) is 5. The van der Waals surface area contributed by atoms with Gasteiger partial charge in [0.25, 0.3) is 5.56 Å². The summed E-state index contributed by atoms with van der Waals surface area (Å²) in [5, 5.41) is 0.802. The monoisotopic (exact) mass is 302 g/mol. The van der Waals surface area contributed by atoms with Crippen molar-refractivity contribution in [3.05, 3.63) is 40.2 Å². The lowest BCUT2D eigenvalue weighted by atomic mass is 10.1. The van der Waals surface area contributed by atoms with Crippen molar-refractivity contribution in [2.45, 2.75) is 13.0 Å². The molecule has 1 fully saturated rings. The molecule has 1 aromatic heterocycles. The second-order valence-corrected chi connectivity index (χ2v) is 5.39. The van der Waals surface area contributed by atoms with Gasteiger partial charge in [-0.25, -0.2) is 4.79 Å². The fourth-order valence-electron chi connectivity index (χ4n) is 2.74. The van der Waals surface area contributed by atoms with E-state index in [4.69, 9.17) is 9.47 Å². The number of aromatic amines is 1. The Morgan fingerprint density at radius 1 is 1.41 bits per heavy atom. The Morgan fingerprint density at radius 3 is 2.95 bits per heavy atom. The summed E-state index contributed by atoms with van der Waals surface area (Å²) in [6.07, 6.45) is 0. The van der Waals surface area contributed by atoms with Gasteiger partial charge < -0.3 is 19.4 Å². The van der Waals surface area contributed by atoms with E-state index in [0.717, 1.165) is 5.39 Å². The number of benzene rings is 1. The third-order valence-electron chi connectivity index (χ3n) is 3.92. The summed E-state index contributed by atoms with van der Waals surface area (Å²) >= 11 is 0. The SMILES string of the molecule is COC(=O)c1ccc2[nH]c(=O)c(N3CCOC[C@@H]3C)cc2c1. The molecular formula is C16H18N2O4. The molecule has 116 valence electrons. The summed E-state index contributed by atoms with van der Waals surface area (Å²) in [7, 11) is 1.35. The molecule has 2 aromatic rings. The number of fused-ring (bicyclic) bond motifs is 1. The average molecular weight is 302 g/mol. The number of carbonyl (C=O) groups excluding carboxylic acids is 1. The van der Waals surface area contributed by atoms with E-state index < -0.39 is 5.97 Å². The van der Waals surface area contributed by atoms with E-state index in [1.165, 1.54) is 7.11 Å². The number of anilines is 1. The number of H-pyrrole nitrogens is 1. The topological polar surface area (TPSA) is 71.6 Å². The lowest BCUT2D eigenvalue weighted by Gasteiger charge is -2.34. The maximum Gasteiger partial charge on any atom is 0.337 e. The molecule has 2 heterocycles. The van der Waals surface area contributed by atoms with Crippen molar-refractivity contribution in [1.29, 1.82) is 0 Å². The van der Waals surface area contributed by atoms with E-state index >= 15 is 0 Å². The summed E-state index contributed by atoms with van der Waals surface area (Å²) in [4.78, 5) is 28.9. The molecular weight excluding hydrogens is 284 g/mol. The zero-order valence-corrected chi connectivity index (χ0v) is 12.6. The lowest BCUT2D eigenvalue weighted by molar-refractivity contribution is 0.0601. The molecule has 1 aromatic carbocycles. The smallest absolute Gasteiger partial charge is 0.337 e. The first kappa shape index (κ1) is 14.6.